The van der Waals surface area contributed by atoms with E-state index < -0.39 is 0 Å². The third kappa shape index (κ3) is 3.33. The SMILES string of the molecule is CCCNc1nc(Cl)nc(N(C)c2ccccc2F)n1. The molecular formula is C13H15ClFN5. The molecule has 0 unspecified atom stereocenters. The van der Waals surface area contributed by atoms with E-state index in [0.29, 0.717) is 11.6 Å². The molecule has 20 heavy (non-hydrogen) atoms. The fourth-order valence-corrected chi connectivity index (χ4v) is 1.79. The number of aromatic nitrogens is 3. The normalized spacial score (nSPS) is 10.4. The minimum absolute atomic E-state index is 0.0665. The van der Waals surface area contributed by atoms with E-state index >= 15 is 0 Å². The Kier molecular flexibility index (Phi) is 4.68. The molecule has 1 heterocycles. The minimum atomic E-state index is -0.352. The fraction of sp³-hybridized carbons (Fsp3) is 0.308. The molecule has 0 amide bonds. The van der Waals surface area contributed by atoms with Gasteiger partial charge in [-0.2, -0.15) is 15.0 Å². The molecule has 106 valence electrons. The Morgan fingerprint density at radius 1 is 1.25 bits per heavy atom. The molecule has 0 aliphatic rings. The zero-order valence-electron chi connectivity index (χ0n) is 11.3. The number of halogens is 2. The van der Waals surface area contributed by atoms with Crippen LogP contribution < -0.4 is 10.2 Å². The molecule has 0 fully saturated rings. The third-order valence-electron chi connectivity index (χ3n) is 2.64. The summed E-state index contributed by atoms with van der Waals surface area (Å²) in [4.78, 5) is 13.8. The lowest BCUT2D eigenvalue weighted by Gasteiger charge is -2.18. The van der Waals surface area contributed by atoms with Crippen molar-refractivity contribution in [1.82, 2.24) is 15.0 Å². The average Bonchev–Trinajstić information content (AvgIpc) is 2.44. The van der Waals surface area contributed by atoms with Crippen LogP contribution in [0.2, 0.25) is 5.28 Å². The van der Waals surface area contributed by atoms with E-state index in [0.717, 1.165) is 13.0 Å². The van der Waals surface area contributed by atoms with Crippen LogP contribution in [-0.4, -0.2) is 28.5 Å². The summed E-state index contributed by atoms with van der Waals surface area (Å²) >= 11 is 5.88. The largest absolute Gasteiger partial charge is 0.354 e. The van der Waals surface area contributed by atoms with Crippen molar-refractivity contribution in [3.05, 3.63) is 35.4 Å². The first-order valence-corrected chi connectivity index (χ1v) is 6.63. The highest BCUT2D eigenvalue weighted by Gasteiger charge is 2.13. The third-order valence-corrected chi connectivity index (χ3v) is 2.81. The quantitative estimate of drug-likeness (QED) is 0.917. The molecule has 1 aromatic heterocycles. The van der Waals surface area contributed by atoms with Crippen molar-refractivity contribution in [3.8, 4) is 0 Å². The molecule has 0 spiro atoms. The van der Waals surface area contributed by atoms with Crippen LogP contribution in [0.25, 0.3) is 0 Å². The van der Waals surface area contributed by atoms with Gasteiger partial charge in [-0.05, 0) is 30.2 Å². The summed E-state index contributed by atoms with van der Waals surface area (Å²) in [6.45, 7) is 2.76. The first kappa shape index (κ1) is 14.5. The van der Waals surface area contributed by atoms with Gasteiger partial charge in [0.05, 0.1) is 5.69 Å². The van der Waals surface area contributed by atoms with Gasteiger partial charge in [0.1, 0.15) is 5.82 Å². The highest BCUT2D eigenvalue weighted by Crippen LogP contribution is 2.24. The maximum absolute atomic E-state index is 13.8. The van der Waals surface area contributed by atoms with Crippen LogP contribution in [0.3, 0.4) is 0 Å². The Morgan fingerprint density at radius 2 is 2.00 bits per heavy atom. The average molecular weight is 296 g/mol. The molecule has 2 aromatic rings. The molecule has 0 saturated heterocycles. The van der Waals surface area contributed by atoms with E-state index in [-0.39, 0.29) is 17.0 Å². The van der Waals surface area contributed by atoms with Gasteiger partial charge < -0.3 is 10.2 Å². The van der Waals surface area contributed by atoms with E-state index in [1.54, 1.807) is 25.2 Å². The molecule has 5 nitrogen and oxygen atoms in total. The van der Waals surface area contributed by atoms with Gasteiger partial charge in [0.25, 0.3) is 0 Å². The number of nitrogens with zero attached hydrogens (tertiary/aromatic N) is 4. The number of benzene rings is 1. The second-order valence-corrected chi connectivity index (χ2v) is 4.50. The van der Waals surface area contributed by atoms with E-state index in [1.807, 2.05) is 6.92 Å². The summed E-state index contributed by atoms with van der Waals surface area (Å²) in [5, 5.41) is 3.10. The lowest BCUT2D eigenvalue weighted by molar-refractivity contribution is 0.627. The standard InChI is InChI=1S/C13H15ClFN5/c1-3-8-16-12-17-11(14)18-13(19-12)20(2)10-7-5-4-6-9(10)15/h4-7H,3,8H2,1-2H3,(H,16,17,18,19). The summed E-state index contributed by atoms with van der Waals surface area (Å²) in [6, 6.07) is 6.40. The zero-order chi connectivity index (χ0) is 14.5. The molecule has 0 aliphatic heterocycles. The van der Waals surface area contributed by atoms with Gasteiger partial charge in [-0.15, -0.1) is 0 Å². The van der Waals surface area contributed by atoms with E-state index in [4.69, 9.17) is 11.6 Å². The number of anilines is 3. The molecule has 0 saturated carbocycles. The number of nitrogens with one attached hydrogen (secondary N) is 1. The molecule has 0 aliphatic carbocycles. The molecule has 1 aromatic carbocycles. The van der Waals surface area contributed by atoms with E-state index in [9.17, 15) is 4.39 Å². The Hall–Kier alpha value is -1.95. The second-order valence-electron chi connectivity index (χ2n) is 4.17. The van der Waals surface area contributed by atoms with Gasteiger partial charge in [0.2, 0.25) is 17.2 Å². The van der Waals surface area contributed by atoms with Crippen molar-refractivity contribution in [2.45, 2.75) is 13.3 Å². The van der Waals surface area contributed by atoms with Crippen LogP contribution in [0.4, 0.5) is 22.0 Å². The predicted molar refractivity (Wildman–Crippen MR) is 78.1 cm³/mol. The van der Waals surface area contributed by atoms with E-state index in [1.165, 1.54) is 11.0 Å². The van der Waals surface area contributed by atoms with Gasteiger partial charge in [0, 0.05) is 13.6 Å². The first-order valence-electron chi connectivity index (χ1n) is 6.25. The van der Waals surface area contributed by atoms with Crippen molar-refractivity contribution in [3.63, 3.8) is 0 Å². The topological polar surface area (TPSA) is 53.9 Å². The van der Waals surface area contributed by atoms with Crippen LogP contribution in [0.1, 0.15) is 13.3 Å². The number of hydrogen-bond donors (Lipinski definition) is 1. The fourth-order valence-electron chi connectivity index (χ4n) is 1.64. The number of rotatable bonds is 5. The maximum Gasteiger partial charge on any atom is 0.235 e. The van der Waals surface area contributed by atoms with Crippen molar-refractivity contribution in [1.29, 1.82) is 0 Å². The molecule has 2 rings (SSSR count). The van der Waals surface area contributed by atoms with E-state index in [2.05, 4.69) is 20.3 Å². The van der Waals surface area contributed by atoms with Gasteiger partial charge >= 0.3 is 0 Å². The van der Waals surface area contributed by atoms with Crippen molar-refractivity contribution < 1.29 is 4.39 Å². The van der Waals surface area contributed by atoms with Gasteiger partial charge in [-0.25, -0.2) is 4.39 Å². The van der Waals surface area contributed by atoms with Crippen LogP contribution in [0, 0.1) is 5.82 Å². The van der Waals surface area contributed by atoms with Crippen LogP contribution in [0.5, 0.6) is 0 Å². The molecule has 1 N–H and O–H groups in total. The van der Waals surface area contributed by atoms with Crippen molar-refractivity contribution in [2.24, 2.45) is 0 Å². The molecular weight excluding hydrogens is 281 g/mol. The lowest BCUT2D eigenvalue weighted by atomic mass is 10.3. The summed E-state index contributed by atoms with van der Waals surface area (Å²) in [6.07, 6.45) is 0.932. The molecule has 0 bridgehead atoms. The zero-order valence-corrected chi connectivity index (χ0v) is 12.0. The highest BCUT2D eigenvalue weighted by atomic mass is 35.5. The van der Waals surface area contributed by atoms with Crippen LogP contribution in [0.15, 0.2) is 24.3 Å². The Bertz CT molecular complexity index is 593. The maximum atomic E-state index is 13.8. The molecule has 0 atom stereocenters. The first-order chi connectivity index (χ1) is 9.61. The van der Waals surface area contributed by atoms with Gasteiger partial charge in [-0.3, -0.25) is 0 Å². The highest BCUT2D eigenvalue weighted by molar-refractivity contribution is 6.28. The Labute approximate surface area is 121 Å². The van der Waals surface area contributed by atoms with Crippen molar-refractivity contribution >= 4 is 29.2 Å². The van der Waals surface area contributed by atoms with Crippen LogP contribution >= 0.6 is 11.6 Å². The summed E-state index contributed by atoms with van der Waals surface area (Å²) in [7, 11) is 1.67. The van der Waals surface area contributed by atoms with Gasteiger partial charge in [0.15, 0.2) is 0 Å². The predicted octanol–water partition coefficient (Wildman–Crippen LogP) is 3.25. The minimum Gasteiger partial charge on any atom is -0.354 e. The monoisotopic (exact) mass is 295 g/mol. The molecule has 0 radical (unpaired) electrons. The molecule has 7 heteroatoms. The number of para-hydroxylation sites is 1. The lowest BCUT2D eigenvalue weighted by Crippen LogP contribution is -2.16. The second kappa shape index (κ2) is 6.47. The van der Waals surface area contributed by atoms with Gasteiger partial charge in [-0.1, -0.05) is 19.1 Å². The summed E-state index contributed by atoms with van der Waals surface area (Å²) < 4.78 is 13.8. The van der Waals surface area contributed by atoms with Crippen LogP contribution in [-0.2, 0) is 0 Å². The summed E-state index contributed by atoms with van der Waals surface area (Å²) in [5.74, 6) is 0.313. The Morgan fingerprint density at radius 3 is 2.70 bits per heavy atom. The smallest absolute Gasteiger partial charge is 0.235 e. The number of hydrogen-bond acceptors (Lipinski definition) is 5. The summed E-state index contributed by atoms with van der Waals surface area (Å²) in [5.41, 5.74) is 0.371. The van der Waals surface area contributed by atoms with Crippen molar-refractivity contribution in [2.75, 3.05) is 23.8 Å². The Balaban J connectivity index is 2.32.